The van der Waals surface area contributed by atoms with E-state index < -0.39 is 0 Å². The molecule has 0 spiro atoms. The molecule has 0 aromatic heterocycles. The number of hydrogen-bond acceptors (Lipinski definition) is 2. The summed E-state index contributed by atoms with van der Waals surface area (Å²) in [4.78, 5) is 0. The van der Waals surface area contributed by atoms with Crippen LogP contribution in [0.5, 0.6) is 0 Å². The van der Waals surface area contributed by atoms with Crippen molar-refractivity contribution in [2.45, 2.75) is 33.2 Å². The second-order valence-electron chi connectivity index (χ2n) is 5.59. The third-order valence-electron chi connectivity index (χ3n) is 3.03. The van der Waals surface area contributed by atoms with Gasteiger partial charge in [0.1, 0.15) is 0 Å². The first-order valence-corrected chi connectivity index (χ1v) is 7.12. The van der Waals surface area contributed by atoms with E-state index in [2.05, 4.69) is 62.1 Å². The molecule has 1 atom stereocenters. The maximum atomic E-state index is 3.64. The Morgan fingerprint density at radius 1 is 1.25 bits per heavy atom. The van der Waals surface area contributed by atoms with Gasteiger partial charge in [0, 0.05) is 17.5 Å². The lowest BCUT2D eigenvalue weighted by atomic mass is 9.88. The van der Waals surface area contributed by atoms with Crippen molar-refractivity contribution in [3.05, 3.63) is 29.8 Å². The molecule has 0 radical (unpaired) electrons. The number of benzene rings is 1. The number of thioether (sulfide) groups is 1. The highest BCUT2D eigenvalue weighted by Crippen LogP contribution is 2.34. The first kappa shape index (κ1) is 11.8. The molecule has 1 N–H and O–H groups in total. The summed E-state index contributed by atoms with van der Waals surface area (Å²) in [6, 6.07) is 9.33. The fourth-order valence-electron chi connectivity index (χ4n) is 2.24. The molecule has 2 heteroatoms. The van der Waals surface area contributed by atoms with Crippen LogP contribution in [0, 0.1) is 12.3 Å². The minimum absolute atomic E-state index is 0.477. The average molecular weight is 235 g/mol. The van der Waals surface area contributed by atoms with E-state index in [4.69, 9.17) is 0 Å². The van der Waals surface area contributed by atoms with Crippen molar-refractivity contribution in [3.8, 4) is 0 Å². The fourth-order valence-corrected chi connectivity index (χ4v) is 3.51. The summed E-state index contributed by atoms with van der Waals surface area (Å²) < 4.78 is 0. The minimum atomic E-state index is 0.477. The van der Waals surface area contributed by atoms with Gasteiger partial charge in [-0.1, -0.05) is 31.5 Å². The lowest BCUT2D eigenvalue weighted by Gasteiger charge is -2.35. The zero-order chi connectivity index (χ0) is 11.6. The molecular formula is C14H21NS. The zero-order valence-corrected chi connectivity index (χ0v) is 11.2. The van der Waals surface area contributed by atoms with Crippen molar-refractivity contribution in [2.24, 2.45) is 5.41 Å². The van der Waals surface area contributed by atoms with Gasteiger partial charge in [-0.05, 0) is 36.6 Å². The highest BCUT2D eigenvalue weighted by Gasteiger charge is 2.28. The molecule has 1 fully saturated rings. The Morgan fingerprint density at radius 2 is 1.94 bits per heavy atom. The topological polar surface area (TPSA) is 12.0 Å². The maximum Gasteiger partial charge on any atom is 0.0357 e. The van der Waals surface area contributed by atoms with E-state index in [1.165, 1.54) is 29.2 Å². The van der Waals surface area contributed by atoms with E-state index in [1.54, 1.807) is 0 Å². The van der Waals surface area contributed by atoms with Gasteiger partial charge in [0.25, 0.3) is 0 Å². The Labute approximate surface area is 103 Å². The molecule has 1 aliphatic heterocycles. The van der Waals surface area contributed by atoms with Gasteiger partial charge in [0.05, 0.1) is 0 Å². The molecule has 2 rings (SSSR count). The highest BCUT2D eigenvalue weighted by atomic mass is 32.2. The Morgan fingerprint density at radius 3 is 2.56 bits per heavy atom. The summed E-state index contributed by atoms with van der Waals surface area (Å²) in [6.45, 7) is 6.86. The maximum absolute atomic E-state index is 3.64. The summed E-state index contributed by atoms with van der Waals surface area (Å²) in [5.74, 6) is 2.52. The van der Waals surface area contributed by atoms with E-state index in [0.717, 1.165) is 0 Å². The quantitative estimate of drug-likeness (QED) is 0.833. The van der Waals surface area contributed by atoms with Crippen LogP contribution in [0.25, 0.3) is 0 Å². The largest absolute Gasteiger partial charge is 0.381 e. The molecule has 0 saturated carbocycles. The summed E-state index contributed by atoms with van der Waals surface area (Å²) in [7, 11) is 0. The van der Waals surface area contributed by atoms with Gasteiger partial charge in [0.2, 0.25) is 0 Å². The van der Waals surface area contributed by atoms with E-state index in [0.29, 0.717) is 11.5 Å². The van der Waals surface area contributed by atoms with Gasteiger partial charge >= 0.3 is 0 Å². The lowest BCUT2D eigenvalue weighted by molar-refractivity contribution is 0.358. The molecule has 88 valence electrons. The predicted molar refractivity (Wildman–Crippen MR) is 74.3 cm³/mol. The molecule has 1 aromatic rings. The smallest absolute Gasteiger partial charge is 0.0357 e. The Kier molecular flexibility index (Phi) is 3.48. The van der Waals surface area contributed by atoms with Gasteiger partial charge in [-0.3, -0.25) is 0 Å². The van der Waals surface area contributed by atoms with Crippen molar-refractivity contribution in [1.29, 1.82) is 0 Å². The molecule has 1 nitrogen and oxygen atoms in total. The normalized spacial score (nSPS) is 24.1. The van der Waals surface area contributed by atoms with Crippen LogP contribution in [0.3, 0.4) is 0 Å². The minimum Gasteiger partial charge on any atom is -0.381 e. The molecule has 1 unspecified atom stereocenters. The summed E-state index contributed by atoms with van der Waals surface area (Å²) in [5.41, 5.74) is 3.06. The van der Waals surface area contributed by atoms with Gasteiger partial charge in [-0.15, -0.1) is 0 Å². The predicted octanol–water partition coefficient (Wildman–Crippen LogP) is 3.94. The second-order valence-corrected chi connectivity index (χ2v) is 6.62. The van der Waals surface area contributed by atoms with E-state index >= 15 is 0 Å². The molecule has 1 saturated heterocycles. The van der Waals surface area contributed by atoms with Crippen molar-refractivity contribution >= 4 is 17.4 Å². The molecule has 16 heavy (non-hydrogen) atoms. The van der Waals surface area contributed by atoms with Crippen LogP contribution in [-0.4, -0.2) is 17.5 Å². The fraction of sp³-hybridized carbons (Fsp3) is 0.571. The highest BCUT2D eigenvalue weighted by molar-refractivity contribution is 7.99. The third-order valence-corrected chi connectivity index (χ3v) is 4.66. The van der Waals surface area contributed by atoms with E-state index in [9.17, 15) is 0 Å². The van der Waals surface area contributed by atoms with Crippen molar-refractivity contribution < 1.29 is 0 Å². The number of rotatable bonds is 2. The summed E-state index contributed by atoms with van der Waals surface area (Å²) in [5, 5.41) is 3.64. The monoisotopic (exact) mass is 235 g/mol. The van der Waals surface area contributed by atoms with Crippen molar-refractivity contribution in [1.82, 2.24) is 0 Å². The average Bonchev–Trinajstić information content (AvgIpc) is 2.20. The standard InChI is InChI=1S/C14H21NS/c1-11-4-6-12(7-5-11)15-13-8-14(2,3)10-16-9-13/h4-7,13,15H,8-10H2,1-3H3. The Bertz CT molecular complexity index is 342. The van der Waals surface area contributed by atoms with Crippen molar-refractivity contribution in [2.75, 3.05) is 16.8 Å². The lowest BCUT2D eigenvalue weighted by Crippen LogP contribution is -2.35. The van der Waals surface area contributed by atoms with Crippen LogP contribution >= 0.6 is 11.8 Å². The van der Waals surface area contributed by atoms with Crippen LogP contribution in [0.15, 0.2) is 24.3 Å². The zero-order valence-electron chi connectivity index (χ0n) is 10.4. The molecule has 0 amide bonds. The van der Waals surface area contributed by atoms with Gasteiger partial charge in [-0.2, -0.15) is 11.8 Å². The number of anilines is 1. The SMILES string of the molecule is Cc1ccc(NC2CSCC(C)(C)C2)cc1. The van der Waals surface area contributed by atoms with Crippen LogP contribution in [0.2, 0.25) is 0 Å². The Hall–Kier alpha value is -0.630. The van der Waals surface area contributed by atoms with Crippen LogP contribution < -0.4 is 5.32 Å². The summed E-state index contributed by atoms with van der Waals surface area (Å²) in [6.07, 6.45) is 1.27. The van der Waals surface area contributed by atoms with Crippen LogP contribution in [-0.2, 0) is 0 Å². The molecular weight excluding hydrogens is 214 g/mol. The van der Waals surface area contributed by atoms with E-state index in [-0.39, 0.29) is 0 Å². The van der Waals surface area contributed by atoms with Crippen LogP contribution in [0.1, 0.15) is 25.8 Å². The van der Waals surface area contributed by atoms with E-state index in [1.807, 2.05) is 0 Å². The first-order chi connectivity index (χ1) is 7.55. The molecule has 1 aliphatic rings. The molecule has 1 aromatic carbocycles. The first-order valence-electron chi connectivity index (χ1n) is 5.96. The molecule has 1 heterocycles. The second kappa shape index (κ2) is 4.70. The Balaban J connectivity index is 1.97. The third kappa shape index (κ3) is 3.18. The van der Waals surface area contributed by atoms with Gasteiger partial charge in [0.15, 0.2) is 0 Å². The number of aryl methyl sites for hydroxylation is 1. The van der Waals surface area contributed by atoms with Gasteiger partial charge in [-0.25, -0.2) is 0 Å². The van der Waals surface area contributed by atoms with Crippen molar-refractivity contribution in [3.63, 3.8) is 0 Å². The molecule has 0 bridgehead atoms. The van der Waals surface area contributed by atoms with Gasteiger partial charge < -0.3 is 5.32 Å². The number of nitrogens with one attached hydrogen (secondary N) is 1. The summed E-state index contributed by atoms with van der Waals surface area (Å²) >= 11 is 2.07. The van der Waals surface area contributed by atoms with Crippen LogP contribution in [0.4, 0.5) is 5.69 Å². The number of hydrogen-bond donors (Lipinski definition) is 1. The molecule has 0 aliphatic carbocycles.